The second-order valence-electron chi connectivity index (χ2n) is 2.74. The van der Waals surface area contributed by atoms with Gasteiger partial charge in [-0.25, -0.2) is 0 Å². The molecule has 0 aliphatic rings. The molecule has 13 heavy (non-hydrogen) atoms. The lowest BCUT2D eigenvalue weighted by Crippen LogP contribution is -1.93. The molecular weight excluding hydrogens is 158 g/mol. The summed E-state index contributed by atoms with van der Waals surface area (Å²) < 4.78 is 0. The molecule has 66 valence electrons. The highest BCUT2D eigenvalue weighted by molar-refractivity contribution is 5.72. The highest BCUT2D eigenvalue weighted by Gasteiger charge is 2.04. The highest BCUT2D eigenvalue weighted by Crippen LogP contribution is 2.19. The number of aromatic nitrogens is 1. The maximum atomic E-state index is 4.24. The van der Waals surface area contributed by atoms with Gasteiger partial charge in [0.2, 0.25) is 0 Å². The predicted molar refractivity (Wildman–Crippen MR) is 59.2 cm³/mol. The summed E-state index contributed by atoms with van der Waals surface area (Å²) in [6.45, 7) is 13.2. The fraction of sp³-hybridized carbons (Fsp3) is 0.0833. The third kappa shape index (κ3) is 1.59. The lowest BCUT2D eigenvalue weighted by Gasteiger charge is -2.07. The maximum Gasteiger partial charge on any atom is 0.0451 e. The van der Waals surface area contributed by atoms with Gasteiger partial charge in [-0.15, -0.1) is 0 Å². The Morgan fingerprint density at radius 2 is 1.69 bits per heavy atom. The molecule has 1 rings (SSSR count). The summed E-state index contributed by atoms with van der Waals surface area (Å²) in [5.74, 6) is 0. The first kappa shape index (κ1) is 9.46. The molecule has 0 bridgehead atoms. The fourth-order valence-electron chi connectivity index (χ4n) is 1.30. The Morgan fingerprint density at radius 3 is 2.15 bits per heavy atom. The summed E-state index contributed by atoms with van der Waals surface area (Å²) in [6.07, 6.45) is 7.18. The van der Waals surface area contributed by atoms with Crippen molar-refractivity contribution in [3.05, 3.63) is 48.3 Å². The Hall–Kier alpha value is -1.63. The van der Waals surface area contributed by atoms with Crippen molar-refractivity contribution in [1.29, 1.82) is 0 Å². The molecular formula is C12H13N. The van der Waals surface area contributed by atoms with E-state index in [9.17, 15) is 0 Å². The average molecular weight is 171 g/mol. The van der Waals surface area contributed by atoms with Crippen molar-refractivity contribution in [3.8, 4) is 0 Å². The van der Waals surface area contributed by atoms with E-state index < -0.39 is 0 Å². The van der Waals surface area contributed by atoms with Gasteiger partial charge >= 0.3 is 0 Å². The highest BCUT2D eigenvalue weighted by atomic mass is 14.7. The number of hydrogen-bond donors (Lipinski definition) is 0. The van der Waals surface area contributed by atoms with Crippen molar-refractivity contribution < 1.29 is 0 Å². The standard InChI is InChI=1S/C12H13N/c1-5-10-8-13-9(4)11(6-2)12(10)7-3/h5-8H,1-3H2,4H3. The van der Waals surface area contributed by atoms with Crippen LogP contribution in [0.4, 0.5) is 0 Å². The molecule has 0 saturated heterocycles. The Kier molecular flexibility index (Phi) is 2.80. The van der Waals surface area contributed by atoms with Crippen LogP contribution in [0.3, 0.4) is 0 Å². The molecule has 1 aromatic heterocycles. The van der Waals surface area contributed by atoms with E-state index in [2.05, 4.69) is 24.7 Å². The molecule has 1 heterocycles. The topological polar surface area (TPSA) is 12.9 Å². The summed E-state index contributed by atoms with van der Waals surface area (Å²) in [4.78, 5) is 4.24. The van der Waals surface area contributed by atoms with Crippen LogP contribution in [0.5, 0.6) is 0 Å². The SMILES string of the molecule is C=Cc1cnc(C)c(C=C)c1C=C. The van der Waals surface area contributed by atoms with E-state index in [1.807, 2.05) is 13.0 Å². The van der Waals surface area contributed by atoms with E-state index in [1.54, 1.807) is 18.3 Å². The van der Waals surface area contributed by atoms with Crippen LogP contribution in [-0.4, -0.2) is 4.98 Å². The summed E-state index contributed by atoms with van der Waals surface area (Å²) in [5, 5.41) is 0. The number of aryl methyl sites for hydroxylation is 1. The molecule has 0 radical (unpaired) electrons. The normalized spacial score (nSPS) is 9.31. The predicted octanol–water partition coefficient (Wildman–Crippen LogP) is 3.32. The number of hydrogen-bond acceptors (Lipinski definition) is 1. The van der Waals surface area contributed by atoms with Gasteiger partial charge in [0.05, 0.1) is 0 Å². The molecule has 0 atom stereocenters. The van der Waals surface area contributed by atoms with E-state index in [4.69, 9.17) is 0 Å². The lowest BCUT2D eigenvalue weighted by molar-refractivity contribution is 1.18. The number of pyridine rings is 1. The first-order valence-corrected chi connectivity index (χ1v) is 4.11. The zero-order valence-electron chi connectivity index (χ0n) is 7.88. The Morgan fingerprint density at radius 1 is 1.08 bits per heavy atom. The van der Waals surface area contributed by atoms with Crippen LogP contribution in [0, 0.1) is 6.92 Å². The van der Waals surface area contributed by atoms with E-state index >= 15 is 0 Å². The molecule has 0 spiro atoms. The largest absolute Gasteiger partial charge is 0.260 e. The van der Waals surface area contributed by atoms with Crippen molar-refractivity contribution >= 4 is 18.2 Å². The molecule has 0 aliphatic carbocycles. The van der Waals surface area contributed by atoms with Gasteiger partial charge in [0.15, 0.2) is 0 Å². The fourth-order valence-corrected chi connectivity index (χ4v) is 1.30. The van der Waals surface area contributed by atoms with E-state index in [0.717, 1.165) is 22.4 Å². The van der Waals surface area contributed by atoms with Crippen molar-refractivity contribution in [2.45, 2.75) is 6.92 Å². The van der Waals surface area contributed by atoms with Crippen LogP contribution < -0.4 is 0 Å². The van der Waals surface area contributed by atoms with Gasteiger partial charge in [0.1, 0.15) is 0 Å². The van der Waals surface area contributed by atoms with Gasteiger partial charge in [0.25, 0.3) is 0 Å². The van der Waals surface area contributed by atoms with Gasteiger partial charge in [-0.3, -0.25) is 4.98 Å². The van der Waals surface area contributed by atoms with Crippen molar-refractivity contribution in [1.82, 2.24) is 4.98 Å². The smallest absolute Gasteiger partial charge is 0.0451 e. The molecule has 0 aliphatic heterocycles. The van der Waals surface area contributed by atoms with Crippen LogP contribution in [0.15, 0.2) is 25.9 Å². The zero-order valence-corrected chi connectivity index (χ0v) is 7.88. The summed E-state index contributed by atoms with van der Waals surface area (Å²) >= 11 is 0. The third-order valence-corrected chi connectivity index (χ3v) is 2.02. The molecule has 0 unspecified atom stereocenters. The third-order valence-electron chi connectivity index (χ3n) is 2.02. The molecule has 0 aromatic carbocycles. The van der Waals surface area contributed by atoms with Gasteiger partial charge in [-0.05, 0) is 12.5 Å². The molecule has 0 amide bonds. The minimum Gasteiger partial charge on any atom is -0.260 e. The Labute approximate surface area is 79.1 Å². The zero-order chi connectivity index (χ0) is 9.84. The van der Waals surface area contributed by atoms with Gasteiger partial charge in [0, 0.05) is 23.0 Å². The monoisotopic (exact) mass is 171 g/mol. The van der Waals surface area contributed by atoms with Crippen LogP contribution in [-0.2, 0) is 0 Å². The van der Waals surface area contributed by atoms with Gasteiger partial charge in [-0.2, -0.15) is 0 Å². The molecule has 0 fully saturated rings. The molecule has 1 aromatic rings. The van der Waals surface area contributed by atoms with Crippen LogP contribution in [0.25, 0.3) is 18.2 Å². The Bertz CT molecular complexity index is 362. The number of rotatable bonds is 3. The van der Waals surface area contributed by atoms with E-state index in [-0.39, 0.29) is 0 Å². The van der Waals surface area contributed by atoms with E-state index in [0.29, 0.717) is 0 Å². The van der Waals surface area contributed by atoms with Crippen LogP contribution in [0.1, 0.15) is 22.4 Å². The summed E-state index contributed by atoms with van der Waals surface area (Å²) in [6, 6.07) is 0. The van der Waals surface area contributed by atoms with Crippen LogP contribution >= 0.6 is 0 Å². The van der Waals surface area contributed by atoms with Crippen LogP contribution in [0.2, 0.25) is 0 Å². The minimum atomic E-state index is 0.968. The average Bonchev–Trinajstić information content (AvgIpc) is 2.17. The molecule has 1 heteroatoms. The van der Waals surface area contributed by atoms with Crippen molar-refractivity contribution in [2.24, 2.45) is 0 Å². The second kappa shape index (κ2) is 3.85. The first-order chi connectivity index (χ1) is 6.24. The second-order valence-corrected chi connectivity index (χ2v) is 2.74. The first-order valence-electron chi connectivity index (χ1n) is 4.11. The maximum absolute atomic E-state index is 4.24. The molecule has 1 nitrogen and oxygen atoms in total. The van der Waals surface area contributed by atoms with Gasteiger partial charge < -0.3 is 0 Å². The summed E-state index contributed by atoms with van der Waals surface area (Å²) in [5.41, 5.74) is 4.05. The number of nitrogens with zero attached hydrogens (tertiary/aromatic N) is 1. The van der Waals surface area contributed by atoms with Gasteiger partial charge in [-0.1, -0.05) is 38.0 Å². The van der Waals surface area contributed by atoms with Crippen molar-refractivity contribution in [3.63, 3.8) is 0 Å². The molecule has 0 saturated carbocycles. The lowest BCUT2D eigenvalue weighted by atomic mass is 10.0. The van der Waals surface area contributed by atoms with Crippen molar-refractivity contribution in [2.75, 3.05) is 0 Å². The summed E-state index contributed by atoms with van der Waals surface area (Å²) in [7, 11) is 0. The minimum absolute atomic E-state index is 0.968. The Balaban J connectivity index is 3.53. The quantitative estimate of drug-likeness (QED) is 0.679. The molecule has 0 N–H and O–H groups in total. The van der Waals surface area contributed by atoms with E-state index in [1.165, 1.54) is 0 Å².